The standard InChI is InChI=1S/C9H10OS/c1-7-3-2-4-9-8(7)5-6-11(9)10/h2-4H,5-6H2,1H3. The molecule has 0 spiro atoms. The Morgan fingerprint density at radius 1 is 1.45 bits per heavy atom. The SMILES string of the molecule is Cc1cccc2c1CCS2=O. The molecular formula is C9H10OS. The van der Waals surface area contributed by atoms with Gasteiger partial charge in [-0.05, 0) is 30.5 Å². The zero-order valence-electron chi connectivity index (χ0n) is 6.46. The van der Waals surface area contributed by atoms with Gasteiger partial charge >= 0.3 is 0 Å². The van der Waals surface area contributed by atoms with Crippen LogP contribution in [0.3, 0.4) is 0 Å². The third-order valence-corrected chi connectivity index (χ3v) is 3.60. The minimum Gasteiger partial charge on any atom is -0.254 e. The summed E-state index contributed by atoms with van der Waals surface area (Å²) >= 11 is 0. The molecule has 0 fully saturated rings. The van der Waals surface area contributed by atoms with E-state index >= 15 is 0 Å². The molecular weight excluding hydrogens is 156 g/mol. The van der Waals surface area contributed by atoms with Crippen LogP contribution in [0.4, 0.5) is 0 Å². The molecule has 0 aliphatic carbocycles. The van der Waals surface area contributed by atoms with Crippen molar-refractivity contribution in [1.82, 2.24) is 0 Å². The number of fused-ring (bicyclic) bond motifs is 1. The first-order chi connectivity index (χ1) is 5.29. The number of rotatable bonds is 0. The molecule has 1 heterocycles. The Morgan fingerprint density at radius 2 is 2.27 bits per heavy atom. The zero-order valence-corrected chi connectivity index (χ0v) is 7.28. The van der Waals surface area contributed by atoms with Gasteiger partial charge in [0.25, 0.3) is 0 Å². The number of hydrogen-bond acceptors (Lipinski definition) is 1. The summed E-state index contributed by atoms with van der Waals surface area (Å²) in [6, 6.07) is 6.05. The summed E-state index contributed by atoms with van der Waals surface area (Å²) in [5.74, 6) is 0.820. The lowest BCUT2D eigenvalue weighted by Gasteiger charge is -1.99. The predicted molar refractivity (Wildman–Crippen MR) is 46.2 cm³/mol. The van der Waals surface area contributed by atoms with E-state index in [4.69, 9.17) is 0 Å². The minimum absolute atomic E-state index is 0.708. The second kappa shape index (κ2) is 2.45. The maximum Gasteiger partial charge on any atom is 0.0535 e. The first kappa shape index (κ1) is 7.04. The molecule has 0 bridgehead atoms. The largest absolute Gasteiger partial charge is 0.254 e. The topological polar surface area (TPSA) is 17.1 Å². The molecule has 0 saturated carbocycles. The van der Waals surface area contributed by atoms with Crippen LogP contribution >= 0.6 is 0 Å². The molecule has 1 aliphatic heterocycles. The quantitative estimate of drug-likeness (QED) is 0.573. The van der Waals surface area contributed by atoms with Crippen LogP contribution in [-0.4, -0.2) is 9.96 Å². The molecule has 2 rings (SSSR count). The van der Waals surface area contributed by atoms with Crippen LogP contribution in [0.1, 0.15) is 11.1 Å². The Labute approximate surface area is 68.9 Å². The molecule has 1 nitrogen and oxygen atoms in total. The molecule has 1 aromatic carbocycles. The highest BCUT2D eigenvalue weighted by atomic mass is 32.2. The van der Waals surface area contributed by atoms with Crippen molar-refractivity contribution in [3.8, 4) is 0 Å². The molecule has 0 aromatic heterocycles. The number of hydrogen-bond donors (Lipinski definition) is 0. The highest BCUT2D eigenvalue weighted by Crippen LogP contribution is 2.24. The fourth-order valence-corrected chi connectivity index (χ4v) is 2.89. The Balaban J connectivity index is 2.66. The maximum atomic E-state index is 11.3. The molecule has 1 unspecified atom stereocenters. The van der Waals surface area contributed by atoms with Crippen LogP contribution < -0.4 is 0 Å². The van der Waals surface area contributed by atoms with E-state index in [1.54, 1.807) is 0 Å². The molecule has 2 heteroatoms. The molecule has 11 heavy (non-hydrogen) atoms. The Morgan fingerprint density at radius 3 is 3.00 bits per heavy atom. The van der Waals surface area contributed by atoms with Gasteiger partial charge in [-0.2, -0.15) is 0 Å². The lowest BCUT2D eigenvalue weighted by Crippen LogP contribution is -1.86. The van der Waals surface area contributed by atoms with Gasteiger partial charge in [0.05, 0.1) is 10.8 Å². The van der Waals surface area contributed by atoms with Crippen molar-refractivity contribution in [3.63, 3.8) is 0 Å². The third-order valence-electron chi connectivity index (χ3n) is 2.15. The van der Waals surface area contributed by atoms with E-state index in [0.717, 1.165) is 17.1 Å². The van der Waals surface area contributed by atoms with E-state index in [1.807, 2.05) is 12.1 Å². The van der Waals surface area contributed by atoms with Crippen molar-refractivity contribution < 1.29 is 4.21 Å². The van der Waals surface area contributed by atoms with Gasteiger partial charge in [-0.1, -0.05) is 12.1 Å². The van der Waals surface area contributed by atoms with Gasteiger partial charge in [0, 0.05) is 10.6 Å². The van der Waals surface area contributed by atoms with Gasteiger partial charge in [0.15, 0.2) is 0 Å². The third kappa shape index (κ3) is 1.02. The van der Waals surface area contributed by atoms with Crippen LogP contribution in [0.2, 0.25) is 0 Å². The van der Waals surface area contributed by atoms with Crippen molar-refractivity contribution in [2.24, 2.45) is 0 Å². The van der Waals surface area contributed by atoms with E-state index < -0.39 is 10.8 Å². The highest BCUT2D eigenvalue weighted by Gasteiger charge is 2.18. The van der Waals surface area contributed by atoms with E-state index in [2.05, 4.69) is 13.0 Å². The molecule has 1 aliphatic rings. The molecule has 58 valence electrons. The Bertz CT molecular complexity index is 317. The van der Waals surface area contributed by atoms with Gasteiger partial charge in [0.2, 0.25) is 0 Å². The van der Waals surface area contributed by atoms with E-state index in [9.17, 15) is 4.21 Å². The van der Waals surface area contributed by atoms with Crippen molar-refractivity contribution >= 4 is 10.8 Å². The second-order valence-electron chi connectivity index (χ2n) is 2.85. The minimum atomic E-state index is -0.708. The Kier molecular flexibility index (Phi) is 1.57. The number of aryl methyl sites for hydroxylation is 1. The summed E-state index contributed by atoms with van der Waals surface area (Å²) in [7, 11) is -0.708. The van der Waals surface area contributed by atoms with Crippen molar-refractivity contribution in [2.45, 2.75) is 18.2 Å². The average molecular weight is 166 g/mol. The normalized spacial score (nSPS) is 21.7. The second-order valence-corrected chi connectivity index (χ2v) is 4.39. The lowest BCUT2D eigenvalue weighted by molar-refractivity contribution is 0.685. The monoisotopic (exact) mass is 166 g/mol. The molecule has 1 atom stereocenters. The van der Waals surface area contributed by atoms with Crippen LogP contribution in [0.25, 0.3) is 0 Å². The average Bonchev–Trinajstić information content (AvgIpc) is 2.35. The van der Waals surface area contributed by atoms with Gasteiger partial charge in [-0.3, -0.25) is 4.21 Å². The molecule has 0 saturated heterocycles. The van der Waals surface area contributed by atoms with E-state index in [0.29, 0.717) is 0 Å². The Hall–Kier alpha value is -0.630. The summed E-state index contributed by atoms with van der Waals surface area (Å²) in [5, 5.41) is 0. The first-order valence-corrected chi connectivity index (χ1v) is 5.08. The van der Waals surface area contributed by atoms with Crippen LogP contribution in [0.5, 0.6) is 0 Å². The van der Waals surface area contributed by atoms with Gasteiger partial charge < -0.3 is 0 Å². The smallest absolute Gasteiger partial charge is 0.0535 e. The predicted octanol–water partition coefficient (Wildman–Crippen LogP) is 1.66. The lowest BCUT2D eigenvalue weighted by atomic mass is 10.1. The summed E-state index contributed by atoms with van der Waals surface area (Å²) < 4.78 is 11.3. The molecule has 1 aromatic rings. The van der Waals surface area contributed by atoms with Crippen molar-refractivity contribution in [2.75, 3.05) is 5.75 Å². The summed E-state index contributed by atoms with van der Waals surface area (Å²) in [6.45, 7) is 2.08. The van der Waals surface area contributed by atoms with Gasteiger partial charge in [-0.25, -0.2) is 0 Å². The van der Waals surface area contributed by atoms with Crippen LogP contribution in [0, 0.1) is 6.92 Å². The van der Waals surface area contributed by atoms with E-state index in [-0.39, 0.29) is 0 Å². The summed E-state index contributed by atoms with van der Waals surface area (Å²) in [4.78, 5) is 1.06. The zero-order chi connectivity index (χ0) is 7.84. The summed E-state index contributed by atoms with van der Waals surface area (Å²) in [5.41, 5.74) is 2.60. The first-order valence-electron chi connectivity index (χ1n) is 3.76. The van der Waals surface area contributed by atoms with Gasteiger partial charge in [-0.15, -0.1) is 0 Å². The molecule has 0 radical (unpaired) electrons. The van der Waals surface area contributed by atoms with Crippen molar-refractivity contribution in [1.29, 1.82) is 0 Å². The van der Waals surface area contributed by atoms with Gasteiger partial charge in [0.1, 0.15) is 0 Å². The summed E-state index contributed by atoms with van der Waals surface area (Å²) in [6.07, 6.45) is 0.995. The van der Waals surface area contributed by atoms with Crippen molar-refractivity contribution in [3.05, 3.63) is 29.3 Å². The number of benzene rings is 1. The van der Waals surface area contributed by atoms with E-state index in [1.165, 1.54) is 11.1 Å². The maximum absolute atomic E-state index is 11.3. The molecule has 0 amide bonds. The fraction of sp³-hybridized carbons (Fsp3) is 0.333. The molecule has 0 N–H and O–H groups in total. The fourth-order valence-electron chi connectivity index (χ4n) is 1.51. The highest BCUT2D eigenvalue weighted by molar-refractivity contribution is 7.85. The van der Waals surface area contributed by atoms with Crippen LogP contribution in [-0.2, 0) is 17.2 Å². The van der Waals surface area contributed by atoms with Crippen LogP contribution in [0.15, 0.2) is 23.1 Å².